The summed E-state index contributed by atoms with van der Waals surface area (Å²) >= 11 is 0. The molecule has 30 heavy (non-hydrogen) atoms. The van der Waals surface area contributed by atoms with Crippen molar-refractivity contribution in [1.82, 2.24) is 9.80 Å². The summed E-state index contributed by atoms with van der Waals surface area (Å²) in [7, 11) is 1.66. The van der Waals surface area contributed by atoms with E-state index in [4.69, 9.17) is 4.74 Å². The Morgan fingerprint density at radius 2 is 1.73 bits per heavy atom. The summed E-state index contributed by atoms with van der Waals surface area (Å²) in [5, 5.41) is 0. The number of aryl methyl sites for hydroxylation is 1. The van der Waals surface area contributed by atoms with Crippen LogP contribution < -0.4 is 4.74 Å². The number of likely N-dealkylation sites (tertiary alicyclic amines) is 2. The van der Waals surface area contributed by atoms with Gasteiger partial charge in [0, 0.05) is 38.0 Å². The molecule has 0 aromatic heterocycles. The van der Waals surface area contributed by atoms with Crippen molar-refractivity contribution in [3.8, 4) is 5.75 Å². The minimum absolute atomic E-state index is 0.0868. The highest BCUT2D eigenvalue weighted by Gasteiger charge is 2.47. The first kappa shape index (κ1) is 20.5. The van der Waals surface area contributed by atoms with Gasteiger partial charge in [0.1, 0.15) is 5.75 Å². The average Bonchev–Trinajstić information content (AvgIpc) is 3.08. The Morgan fingerprint density at radius 3 is 2.47 bits per heavy atom. The number of nitrogens with zero attached hydrogens (tertiary/aromatic N) is 2. The van der Waals surface area contributed by atoms with E-state index in [0.717, 1.165) is 50.1 Å². The smallest absolute Gasteiger partial charge is 0.223 e. The number of carbonyl (C=O) groups is 2. The molecule has 0 bridgehead atoms. The van der Waals surface area contributed by atoms with Gasteiger partial charge in [0.25, 0.3) is 0 Å². The summed E-state index contributed by atoms with van der Waals surface area (Å²) in [6, 6.07) is 18.1. The maximum absolute atomic E-state index is 12.8. The van der Waals surface area contributed by atoms with Crippen molar-refractivity contribution in [2.24, 2.45) is 0 Å². The minimum Gasteiger partial charge on any atom is -0.497 e. The van der Waals surface area contributed by atoms with Crippen molar-refractivity contribution in [3.63, 3.8) is 0 Å². The lowest BCUT2D eigenvalue weighted by atomic mass is 9.84. The van der Waals surface area contributed by atoms with Gasteiger partial charge in [0.05, 0.1) is 7.11 Å². The molecule has 2 amide bonds. The molecule has 2 aliphatic rings. The van der Waals surface area contributed by atoms with E-state index in [0.29, 0.717) is 19.4 Å². The van der Waals surface area contributed by atoms with Crippen molar-refractivity contribution in [2.45, 2.75) is 50.6 Å². The third-order valence-electron chi connectivity index (χ3n) is 6.67. The molecule has 1 spiro atoms. The van der Waals surface area contributed by atoms with E-state index in [1.807, 2.05) is 47.4 Å². The Hall–Kier alpha value is -2.82. The SMILES string of the molecule is COc1cccc(CCC(=O)N2CCC3(CCC(=O)N3Cc3ccccc3)CC2)c1. The Bertz CT molecular complexity index is 888. The number of piperidine rings is 1. The first-order chi connectivity index (χ1) is 14.6. The molecule has 2 aliphatic heterocycles. The van der Waals surface area contributed by atoms with E-state index in [9.17, 15) is 9.59 Å². The summed E-state index contributed by atoms with van der Waals surface area (Å²) in [6.07, 6.45) is 4.50. The van der Waals surface area contributed by atoms with Crippen LogP contribution in [0.5, 0.6) is 5.75 Å². The van der Waals surface area contributed by atoms with Crippen LogP contribution in [0.15, 0.2) is 54.6 Å². The topological polar surface area (TPSA) is 49.9 Å². The maximum atomic E-state index is 12.8. The van der Waals surface area contributed by atoms with Crippen LogP contribution in [0.3, 0.4) is 0 Å². The third kappa shape index (κ3) is 4.35. The summed E-state index contributed by atoms with van der Waals surface area (Å²) in [5.74, 6) is 1.27. The minimum atomic E-state index is -0.0868. The number of amides is 2. The first-order valence-electron chi connectivity index (χ1n) is 10.8. The van der Waals surface area contributed by atoms with Crippen LogP contribution >= 0.6 is 0 Å². The highest BCUT2D eigenvalue weighted by molar-refractivity contribution is 5.80. The lowest BCUT2D eigenvalue weighted by Gasteiger charge is -2.45. The van der Waals surface area contributed by atoms with E-state index in [1.54, 1.807) is 7.11 Å². The predicted molar refractivity (Wildman–Crippen MR) is 116 cm³/mol. The molecule has 0 unspecified atom stereocenters. The van der Waals surface area contributed by atoms with Crippen LogP contribution in [0.25, 0.3) is 0 Å². The van der Waals surface area contributed by atoms with E-state index < -0.39 is 0 Å². The second-order valence-corrected chi connectivity index (χ2v) is 8.42. The number of hydrogen-bond donors (Lipinski definition) is 0. The summed E-state index contributed by atoms with van der Waals surface area (Å²) in [5.41, 5.74) is 2.20. The number of hydrogen-bond acceptors (Lipinski definition) is 3. The zero-order valence-electron chi connectivity index (χ0n) is 17.7. The molecule has 2 saturated heterocycles. The molecule has 2 aromatic rings. The second-order valence-electron chi connectivity index (χ2n) is 8.42. The van der Waals surface area contributed by atoms with Crippen LogP contribution in [-0.4, -0.2) is 47.4 Å². The van der Waals surface area contributed by atoms with Gasteiger partial charge >= 0.3 is 0 Å². The van der Waals surface area contributed by atoms with Crippen LogP contribution in [0.1, 0.15) is 43.2 Å². The van der Waals surface area contributed by atoms with Crippen molar-refractivity contribution in [3.05, 3.63) is 65.7 Å². The zero-order valence-corrected chi connectivity index (χ0v) is 17.7. The van der Waals surface area contributed by atoms with E-state index in [-0.39, 0.29) is 17.4 Å². The normalized spacial score (nSPS) is 18.1. The van der Waals surface area contributed by atoms with Crippen molar-refractivity contribution < 1.29 is 14.3 Å². The maximum Gasteiger partial charge on any atom is 0.223 e. The van der Waals surface area contributed by atoms with Crippen molar-refractivity contribution in [2.75, 3.05) is 20.2 Å². The Kier molecular flexibility index (Phi) is 6.07. The number of carbonyl (C=O) groups excluding carboxylic acids is 2. The van der Waals surface area contributed by atoms with Gasteiger partial charge in [-0.2, -0.15) is 0 Å². The molecule has 0 atom stereocenters. The number of benzene rings is 2. The first-order valence-corrected chi connectivity index (χ1v) is 10.8. The quantitative estimate of drug-likeness (QED) is 0.733. The standard InChI is InChI=1S/C25H30N2O3/c1-30-22-9-5-8-20(18-22)10-11-23(28)26-16-14-25(15-17-26)13-12-24(29)27(25)19-21-6-3-2-4-7-21/h2-9,18H,10-17,19H2,1H3. The third-order valence-corrected chi connectivity index (χ3v) is 6.67. The Balaban J connectivity index is 1.34. The molecule has 5 nitrogen and oxygen atoms in total. The highest BCUT2D eigenvalue weighted by Crippen LogP contribution is 2.40. The van der Waals surface area contributed by atoms with Gasteiger partial charge in [-0.3, -0.25) is 9.59 Å². The monoisotopic (exact) mass is 406 g/mol. The molecule has 0 aliphatic carbocycles. The molecular weight excluding hydrogens is 376 g/mol. The summed E-state index contributed by atoms with van der Waals surface area (Å²) in [4.78, 5) is 29.5. The van der Waals surface area contributed by atoms with Gasteiger partial charge in [0.2, 0.25) is 11.8 Å². The number of ether oxygens (including phenoxy) is 1. The molecule has 2 heterocycles. The Morgan fingerprint density at radius 1 is 1.00 bits per heavy atom. The Labute approximate surface area is 178 Å². The fourth-order valence-corrected chi connectivity index (χ4v) is 4.83. The fraction of sp³-hybridized carbons (Fsp3) is 0.440. The van der Waals surface area contributed by atoms with Crippen molar-refractivity contribution >= 4 is 11.8 Å². The van der Waals surface area contributed by atoms with Crippen LogP contribution in [-0.2, 0) is 22.6 Å². The lowest BCUT2D eigenvalue weighted by Crippen LogP contribution is -2.53. The van der Waals surface area contributed by atoms with Gasteiger partial charge < -0.3 is 14.5 Å². The second kappa shape index (κ2) is 8.90. The van der Waals surface area contributed by atoms with E-state index >= 15 is 0 Å². The van der Waals surface area contributed by atoms with Gasteiger partial charge in [0.15, 0.2) is 0 Å². The molecule has 0 radical (unpaired) electrons. The molecule has 5 heteroatoms. The van der Waals surface area contributed by atoms with Crippen LogP contribution in [0.2, 0.25) is 0 Å². The van der Waals surface area contributed by atoms with Gasteiger partial charge in [-0.05, 0) is 48.9 Å². The molecule has 4 rings (SSSR count). The zero-order chi connectivity index (χ0) is 21.0. The van der Waals surface area contributed by atoms with Gasteiger partial charge in [-0.1, -0.05) is 42.5 Å². The molecule has 158 valence electrons. The molecule has 2 aromatic carbocycles. The number of rotatable bonds is 6. The largest absolute Gasteiger partial charge is 0.497 e. The molecule has 2 fully saturated rings. The van der Waals surface area contributed by atoms with Crippen molar-refractivity contribution in [1.29, 1.82) is 0 Å². The summed E-state index contributed by atoms with van der Waals surface area (Å²) in [6.45, 7) is 2.13. The van der Waals surface area contributed by atoms with Gasteiger partial charge in [-0.15, -0.1) is 0 Å². The molecule has 0 saturated carbocycles. The average molecular weight is 407 g/mol. The molecular formula is C25H30N2O3. The fourth-order valence-electron chi connectivity index (χ4n) is 4.83. The van der Waals surface area contributed by atoms with E-state index in [1.165, 1.54) is 5.56 Å². The molecule has 0 N–H and O–H groups in total. The van der Waals surface area contributed by atoms with Gasteiger partial charge in [-0.25, -0.2) is 0 Å². The van der Waals surface area contributed by atoms with Crippen LogP contribution in [0, 0.1) is 0 Å². The van der Waals surface area contributed by atoms with Crippen LogP contribution in [0.4, 0.5) is 0 Å². The highest BCUT2D eigenvalue weighted by atomic mass is 16.5. The number of methoxy groups -OCH3 is 1. The van der Waals surface area contributed by atoms with E-state index in [2.05, 4.69) is 17.0 Å². The predicted octanol–water partition coefficient (Wildman–Crippen LogP) is 3.81. The summed E-state index contributed by atoms with van der Waals surface area (Å²) < 4.78 is 5.27. The lowest BCUT2D eigenvalue weighted by molar-refractivity contribution is -0.137.